The molecule has 3 aromatic rings. The number of amides is 1. The van der Waals surface area contributed by atoms with E-state index in [0.717, 1.165) is 23.4 Å². The molecule has 0 saturated carbocycles. The zero-order valence-electron chi connectivity index (χ0n) is 14.7. The molecule has 2 heterocycles. The molecule has 134 valence electrons. The molecule has 0 aliphatic heterocycles. The van der Waals surface area contributed by atoms with Gasteiger partial charge in [0.1, 0.15) is 12.4 Å². The van der Waals surface area contributed by atoms with Crippen LogP contribution >= 0.6 is 11.3 Å². The molecule has 5 heteroatoms. The van der Waals surface area contributed by atoms with Crippen molar-refractivity contribution < 1.29 is 9.53 Å². The van der Waals surface area contributed by atoms with Gasteiger partial charge >= 0.3 is 0 Å². The van der Waals surface area contributed by atoms with Crippen molar-refractivity contribution in [3.63, 3.8) is 0 Å². The van der Waals surface area contributed by atoms with Crippen molar-refractivity contribution in [1.82, 2.24) is 10.3 Å². The van der Waals surface area contributed by atoms with Crippen LogP contribution in [0.2, 0.25) is 0 Å². The fraction of sp³-hybridized carbons (Fsp3) is 0.238. The fourth-order valence-corrected chi connectivity index (χ4v) is 3.31. The summed E-state index contributed by atoms with van der Waals surface area (Å²) >= 11 is 1.66. The number of aromatic nitrogens is 1. The molecular weight excluding hydrogens is 344 g/mol. The largest absolute Gasteiger partial charge is 0.487 e. The van der Waals surface area contributed by atoms with Crippen LogP contribution in [-0.2, 0) is 17.8 Å². The van der Waals surface area contributed by atoms with Gasteiger partial charge in [0.2, 0.25) is 5.91 Å². The zero-order chi connectivity index (χ0) is 18.2. The SMILES string of the molecule is C[C@@H](NC(=O)CCc1ccsc1)c1cccc(OCc2ccccn2)c1. The molecule has 1 atom stereocenters. The summed E-state index contributed by atoms with van der Waals surface area (Å²) in [5, 5.41) is 7.17. The molecule has 0 bridgehead atoms. The van der Waals surface area contributed by atoms with E-state index in [-0.39, 0.29) is 11.9 Å². The Kier molecular flexibility index (Phi) is 6.39. The molecule has 1 aromatic carbocycles. The van der Waals surface area contributed by atoms with Gasteiger partial charge in [-0.15, -0.1) is 0 Å². The van der Waals surface area contributed by atoms with Crippen molar-refractivity contribution in [2.45, 2.75) is 32.4 Å². The number of hydrogen-bond donors (Lipinski definition) is 1. The fourth-order valence-electron chi connectivity index (χ4n) is 2.60. The predicted octanol–water partition coefficient (Wildman–Crippen LogP) is 4.53. The van der Waals surface area contributed by atoms with E-state index >= 15 is 0 Å². The normalized spacial score (nSPS) is 11.7. The molecule has 3 rings (SSSR count). The summed E-state index contributed by atoms with van der Waals surface area (Å²) in [5.41, 5.74) is 3.11. The molecule has 1 N–H and O–H groups in total. The summed E-state index contributed by atoms with van der Waals surface area (Å²) in [6, 6.07) is 15.6. The predicted molar refractivity (Wildman–Crippen MR) is 104 cm³/mol. The minimum Gasteiger partial charge on any atom is -0.487 e. The van der Waals surface area contributed by atoms with E-state index in [2.05, 4.69) is 21.7 Å². The first kappa shape index (κ1) is 18.1. The van der Waals surface area contributed by atoms with Crippen LogP contribution in [0.3, 0.4) is 0 Å². The Morgan fingerprint density at radius 1 is 1.23 bits per heavy atom. The Labute approximate surface area is 157 Å². The van der Waals surface area contributed by atoms with E-state index in [9.17, 15) is 4.79 Å². The quantitative estimate of drug-likeness (QED) is 0.637. The molecule has 0 spiro atoms. The van der Waals surface area contributed by atoms with Crippen molar-refractivity contribution >= 4 is 17.2 Å². The van der Waals surface area contributed by atoms with E-state index in [1.165, 1.54) is 5.56 Å². The Bertz CT molecular complexity index is 819. The van der Waals surface area contributed by atoms with Crippen LogP contribution in [-0.4, -0.2) is 10.9 Å². The van der Waals surface area contributed by atoms with Crippen molar-refractivity contribution in [3.05, 3.63) is 82.3 Å². The Hall–Kier alpha value is -2.66. The highest BCUT2D eigenvalue weighted by atomic mass is 32.1. The number of benzene rings is 1. The zero-order valence-corrected chi connectivity index (χ0v) is 15.5. The maximum atomic E-state index is 12.2. The van der Waals surface area contributed by atoms with Crippen molar-refractivity contribution in [3.8, 4) is 5.75 Å². The number of rotatable bonds is 8. The molecule has 0 fully saturated rings. The van der Waals surface area contributed by atoms with Gasteiger partial charge in [0, 0.05) is 12.6 Å². The van der Waals surface area contributed by atoms with Gasteiger partial charge in [-0.05, 0) is 65.6 Å². The van der Waals surface area contributed by atoms with Gasteiger partial charge in [-0.25, -0.2) is 0 Å². The summed E-state index contributed by atoms with van der Waals surface area (Å²) < 4.78 is 5.81. The number of aryl methyl sites for hydroxylation is 1. The number of nitrogens with one attached hydrogen (secondary N) is 1. The van der Waals surface area contributed by atoms with Gasteiger partial charge in [0.05, 0.1) is 11.7 Å². The third kappa shape index (κ3) is 5.43. The van der Waals surface area contributed by atoms with Gasteiger partial charge < -0.3 is 10.1 Å². The first-order chi connectivity index (χ1) is 12.7. The highest BCUT2D eigenvalue weighted by Crippen LogP contribution is 2.20. The van der Waals surface area contributed by atoms with E-state index in [1.54, 1.807) is 17.5 Å². The molecule has 0 unspecified atom stereocenters. The highest BCUT2D eigenvalue weighted by molar-refractivity contribution is 7.07. The monoisotopic (exact) mass is 366 g/mol. The van der Waals surface area contributed by atoms with Crippen LogP contribution in [0.5, 0.6) is 5.75 Å². The van der Waals surface area contributed by atoms with Crippen LogP contribution in [0.1, 0.15) is 36.2 Å². The Balaban J connectivity index is 1.52. The van der Waals surface area contributed by atoms with Crippen LogP contribution in [0, 0.1) is 0 Å². The van der Waals surface area contributed by atoms with Crippen molar-refractivity contribution in [2.24, 2.45) is 0 Å². The summed E-state index contributed by atoms with van der Waals surface area (Å²) in [6.07, 6.45) is 3.02. The maximum absolute atomic E-state index is 12.2. The number of nitrogens with zero attached hydrogens (tertiary/aromatic N) is 1. The lowest BCUT2D eigenvalue weighted by Gasteiger charge is -2.15. The van der Waals surface area contributed by atoms with Gasteiger partial charge in [-0.3, -0.25) is 9.78 Å². The topological polar surface area (TPSA) is 51.2 Å². The van der Waals surface area contributed by atoms with Crippen LogP contribution < -0.4 is 10.1 Å². The first-order valence-corrected chi connectivity index (χ1v) is 9.58. The average Bonchev–Trinajstić information content (AvgIpc) is 3.19. The molecule has 0 saturated heterocycles. The summed E-state index contributed by atoms with van der Waals surface area (Å²) in [4.78, 5) is 16.4. The second kappa shape index (κ2) is 9.15. The molecule has 1 amide bonds. The van der Waals surface area contributed by atoms with Gasteiger partial charge in [0.15, 0.2) is 0 Å². The lowest BCUT2D eigenvalue weighted by molar-refractivity contribution is -0.121. The minimum atomic E-state index is -0.0663. The van der Waals surface area contributed by atoms with E-state index < -0.39 is 0 Å². The number of carbonyl (C=O) groups is 1. The van der Waals surface area contributed by atoms with Crippen molar-refractivity contribution in [1.29, 1.82) is 0 Å². The third-order valence-corrected chi connectivity index (χ3v) is 4.80. The smallest absolute Gasteiger partial charge is 0.220 e. The highest BCUT2D eigenvalue weighted by Gasteiger charge is 2.11. The molecule has 0 radical (unpaired) electrons. The standard InChI is InChI=1S/C21H22N2O2S/c1-16(23-21(24)9-8-17-10-12-26-15-17)18-5-4-7-20(13-18)25-14-19-6-2-3-11-22-19/h2-7,10-13,15-16H,8-9,14H2,1H3,(H,23,24)/t16-/m1/s1. The van der Waals surface area contributed by atoms with Gasteiger partial charge in [-0.2, -0.15) is 11.3 Å². The number of carbonyl (C=O) groups excluding carboxylic acids is 1. The lowest BCUT2D eigenvalue weighted by Crippen LogP contribution is -2.26. The number of pyridine rings is 1. The number of thiophene rings is 1. The number of ether oxygens (including phenoxy) is 1. The number of hydrogen-bond acceptors (Lipinski definition) is 4. The van der Waals surface area contributed by atoms with E-state index in [4.69, 9.17) is 4.74 Å². The molecule has 0 aliphatic carbocycles. The summed E-state index contributed by atoms with van der Waals surface area (Å²) in [7, 11) is 0. The second-order valence-corrected chi connectivity index (χ2v) is 6.88. The molecule has 4 nitrogen and oxygen atoms in total. The lowest BCUT2D eigenvalue weighted by atomic mass is 10.1. The van der Waals surface area contributed by atoms with E-state index in [0.29, 0.717) is 13.0 Å². The average molecular weight is 366 g/mol. The van der Waals surface area contributed by atoms with Gasteiger partial charge in [0.25, 0.3) is 0 Å². The second-order valence-electron chi connectivity index (χ2n) is 6.10. The molecular formula is C21H22N2O2S. The van der Waals surface area contributed by atoms with Crippen LogP contribution in [0.4, 0.5) is 0 Å². The Morgan fingerprint density at radius 2 is 2.15 bits per heavy atom. The van der Waals surface area contributed by atoms with Crippen LogP contribution in [0.25, 0.3) is 0 Å². The minimum absolute atomic E-state index is 0.0588. The molecule has 26 heavy (non-hydrogen) atoms. The summed E-state index contributed by atoms with van der Waals surface area (Å²) in [6.45, 7) is 2.41. The first-order valence-electron chi connectivity index (χ1n) is 8.64. The van der Waals surface area contributed by atoms with Crippen LogP contribution in [0.15, 0.2) is 65.5 Å². The third-order valence-electron chi connectivity index (χ3n) is 4.07. The maximum Gasteiger partial charge on any atom is 0.220 e. The van der Waals surface area contributed by atoms with Gasteiger partial charge in [-0.1, -0.05) is 18.2 Å². The Morgan fingerprint density at radius 3 is 2.92 bits per heavy atom. The molecule has 2 aromatic heterocycles. The molecule has 0 aliphatic rings. The summed E-state index contributed by atoms with van der Waals surface area (Å²) in [5.74, 6) is 0.830. The van der Waals surface area contributed by atoms with Crippen molar-refractivity contribution in [2.75, 3.05) is 0 Å². The van der Waals surface area contributed by atoms with E-state index in [1.807, 2.05) is 54.8 Å².